The quantitative estimate of drug-likeness (QED) is 0.429. The second kappa shape index (κ2) is 13.2. The molecule has 2 aliphatic heterocycles. The molecule has 42 heavy (non-hydrogen) atoms. The summed E-state index contributed by atoms with van der Waals surface area (Å²) in [5.41, 5.74) is 0.477. The third kappa shape index (κ3) is 8.27. The monoisotopic (exact) mass is 585 g/mol. The van der Waals surface area contributed by atoms with Gasteiger partial charge in [0.1, 0.15) is 30.4 Å². The Morgan fingerprint density at radius 3 is 2.24 bits per heavy atom. The number of amides is 2. The van der Waals surface area contributed by atoms with Gasteiger partial charge in [0.05, 0.1) is 24.4 Å². The number of morpholine rings is 1. The Morgan fingerprint density at radius 2 is 1.62 bits per heavy atom. The summed E-state index contributed by atoms with van der Waals surface area (Å²) in [7, 11) is 0. The van der Waals surface area contributed by atoms with Crippen LogP contribution in [0.2, 0.25) is 0 Å². The predicted octanol–water partition coefficient (Wildman–Crippen LogP) is 5.71. The summed E-state index contributed by atoms with van der Waals surface area (Å²) in [6.45, 7) is 14.6. The van der Waals surface area contributed by atoms with Crippen molar-refractivity contribution in [3.05, 3.63) is 59.9 Å². The molecule has 4 rings (SSSR count). The van der Waals surface area contributed by atoms with Crippen LogP contribution in [0.15, 0.2) is 48.5 Å². The summed E-state index contributed by atoms with van der Waals surface area (Å²) in [6, 6.07) is 13.9. The molecule has 2 saturated heterocycles. The molecule has 0 spiro atoms. The van der Waals surface area contributed by atoms with Gasteiger partial charge in [0.15, 0.2) is 0 Å². The zero-order valence-corrected chi connectivity index (χ0v) is 25.6. The first kappa shape index (κ1) is 31.4. The molecule has 0 aliphatic carbocycles. The van der Waals surface area contributed by atoms with E-state index in [0.29, 0.717) is 50.8 Å². The minimum absolute atomic E-state index is 0.129. The number of piperazine rings is 1. The van der Waals surface area contributed by atoms with Crippen molar-refractivity contribution < 1.29 is 32.9 Å². The second-order valence-electron chi connectivity index (χ2n) is 12.8. The van der Waals surface area contributed by atoms with Crippen LogP contribution in [-0.2, 0) is 20.8 Å². The van der Waals surface area contributed by atoms with E-state index in [2.05, 4.69) is 20.8 Å². The van der Waals surface area contributed by atoms with Crippen LogP contribution in [-0.4, -0.2) is 85.7 Å². The van der Waals surface area contributed by atoms with Crippen molar-refractivity contribution in [1.29, 1.82) is 0 Å². The summed E-state index contributed by atoms with van der Waals surface area (Å²) < 4.78 is 38.5. The van der Waals surface area contributed by atoms with Crippen molar-refractivity contribution in [3.63, 3.8) is 0 Å². The topological polar surface area (TPSA) is 80.8 Å². The van der Waals surface area contributed by atoms with E-state index in [4.69, 9.17) is 18.9 Å². The second-order valence-corrected chi connectivity index (χ2v) is 12.8. The van der Waals surface area contributed by atoms with E-state index < -0.39 is 23.6 Å². The summed E-state index contributed by atoms with van der Waals surface area (Å²) in [5, 5.41) is 0. The largest absolute Gasteiger partial charge is 0.491 e. The summed E-state index contributed by atoms with van der Waals surface area (Å²) in [6.07, 6.45) is -1.08. The number of hydrogen-bond donors (Lipinski definition) is 0. The number of ether oxygens (including phenoxy) is 4. The fourth-order valence-corrected chi connectivity index (χ4v) is 5.23. The lowest BCUT2D eigenvalue weighted by molar-refractivity contribution is -0.123. The Labute approximate surface area is 248 Å². The molecule has 2 heterocycles. The van der Waals surface area contributed by atoms with E-state index in [9.17, 15) is 9.59 Å². The Hall–Kier alpha value is -3.53. The maximum Gasteiger partial charge on any atom is 0.410 e. The van der Waals surface area contributed by atoms with E-state index in [-0.39, 0.29) is 30.8 Å². The molecule has 0 N–H and O–H groups in total. The molecule has 2 amide bonds. The third-order valence-electron chi connectivity index (χ3n) is 7.28. The molecular weight excluding hydrogens is 541 g/mol. The van der Waals surface area contributed by atoms with Crippen molar-refractivity contribution in [2.75, 3.05) is 50.8 Å². The van der Waals surface area contributed by atoms with Gasteiger partial charge in [-0.05, 0) is 43.9 Å². The van der Waals surface area contributed by atoms with Crippen LogP contribution in [0.5, 0.6) is 5.75 Å². The van der Waals surface area contributed by atoms with Gasteiger partial charge in [0.25, 0.3) is 0 Å². The number of carbonyl (C=O) groups is 2. The van der Waals surface area contributed by atoms with Gasteiger partial charge < -0.3 is 28.7 Å². The van der Waals surface area contributed by atoms with Crippen molar-refractivity contribution in [1.82, 2.24) is 9.80 Å². The SMILES string of the molecule is CC(C)(C)OC(=O)N1CCOC(C(C)(C)C)C1COc1ccc(N2CCN(C(=O)OCc3ccccc3)CC2)c(F)c1. The van der Waals surface area contributed by atoms with Crippen molar-refractivity contribution in [2.45, 2.75) is 65.9 Å². The normalized spacial score (nSPS) is 19.8. The van der Waals surface area contributed by atoms with E-state index in [0.717, 1.165) is 5.56 Å². The minimum Gasteiger partial charge on any atom is -0.491 e. The zero-order chi connectivity index (χ0) is 30.5. The van der Waals surface area contributed by atoms with Crippen molar-refractivity contribution >= 4 is 17.9 Å². The highest BCUT2D eigenvalue weighted by molar-refractivity contribution is 5.69. The predicted molar refractivity (Wildman–Crippen MR) is 158 cm³/mol. The Morgan fingerprint density at radius 1 is 0.929 bits per heavy atom. The number of hydrogen-bond acceptors (Lipinski definition) is 7. The number of nitrogens with zero attached hydrogens (tertiary/aromatic N) is 3. The summed E-state index contributed by atoms with van der Waals surface area (Å²) in [5.74, 6) is -0.0504. The number of carbonyl (C=O) groups excluding carboxylic acids is 2. The first-order chi connectivity index (χ1) is 19.8. The average Bonchev–Trinajstić information content (AvgIpc) is 2.94. The number of rotatable bonds is 6. The van der Waals surface area contributed by atoms with E-state index in [1.165, 1.54) is 6.07 Å². The molecule has 2 unspecified atom stereocenters. The summed E-state index contributed by atoms with van der Waals surface area (Å²) in [4.78, 5) is 30.8. The van der Waals surface area contributed by atoms with Crippen LogP contribution < -0.4 is 9.64 Å². The molecule has 0 saturated carbocycles. The van der Waals surface area contributed by atoms with E-state index >= 15 is 4.39 Å². The first-order valence-corrected chi connectivity index (χ1v) is 14.6. The van der Waals surface area contributed by atoms with Gasteiger partial charge in [-0.15, -0.1) is 0 Å². The van der Waals surface area contributed by atoms with Crippen molar-refractivity contribution in [2.24, 2.45) is 5.41 Å². The molecular formula is C32H44FN3O6. The Balaban J connectivity index is 1.35. The molecule has 2 atom stereocenters. The fraction of sp³-hybridized carbons (Fsp3) is 0.562. The molecule has 230 valence electrons. The number of anilines is 1. The molecule has 2 aromatic carbocycles. The van der Waals surface area contributed by atoms with E-state index in [1.54, 1.807) is 21.9 Å². The maximum atomic E-state index is 15.3. The lowest BCUT2D eigenvalue weighted by Crippen LogP contribution is -2.60. The van der Waals surface area contributed by atoms with Gasteiger partial charge in [0.2, 0.25) is 0 Å². The molecule has 0 bridgehead atoms. The molecule has 0 radical (unpaired) electrons. The smallest absolute Gasteiger partial charge is 0.410 e. The van der Waals surface area contributed by atoms with Crippen LogP contribution in [0.1, 0.15) is 47.1 Å². The van der Waals surface area contributed by atoms with E-state index in [1.807, 2.05) is 56.0 Å². The van der Waals surface area contributed by atoms with Crippen LogP contribution in [0, 0.1) is 11.2 Å². The lowest BCUT2D eigenvalue weighted by atomic mass is 9.83. The zero-order valence-electron chi connectivity index (χ0n) is 25.6. The highest BCUT2D eigenvalue weighted by Gasteiger charge is 2.43. The Kier molecular flexibility index (Phi) is 9.86. The Bertz CT molecular complexity index is 1200. The van der Waals surface area contributed by atoms with Gasteiger partial charge in [-0.25, -0.2) is 14.0 Å². The molecule has 10 heteroatoms. The molecule has 2 fully saturated rings. The molecule has 0 aromatic heterocycles. The van der Waals surface area contributed by atoms with Gasteiger partial charge in [-0.1, -0.05) is 51.1 Å². The standard InChI is InChI=1S/C32H44FN3O6/c1-31(2,3)28-27(36(18-19-39-28)30(38)42-32(4,5)6)22-40-24-12-13-26(25(33)20-24)34-14-16-35(17-15-34)29(37)41-21-23-10-8-7-9-11-23/h7-13,20,27-28H,14-19,21-22H2,1-6H3. The van der Waals surface area contributed by atoms with Gasteiger partial charge in [0, 0.05) is 38.8 Å². The fourth-order valence-electron chi connectivity index (χ4n) is 5.23. The highest BCUT2D eigenvalue weighted by Crippen LogP contribution is 2.32. The maximum absolute atomic E-state index is 15.3. The number of benzene rings is 2. The van der Waals surface area contributed by atoms with Gasteiger partial charge in [-0.2, -0.15) is 0 Å². The third-order valence-corrected chi connectivity index (χ3v) is 7.28. The minimum atomic E-state index is -0.634. The van der Waals surface area contributed by atoms with Crippen molar-refractivity contribution in [3.8, 4) is 5.75 Å². The average molecular weight is 586 g/mol. The van der Waals surface area contributed by atoms with Gasteiger partial charge in [-0.3, -0.25) is 4.90 Å². The van der Waals surface area contributed by atoms with Crippen LogP contribution >= 0.6 is 0 Å². The molecule has 2 aliphatic rings. The van der Waals surface area contributed by atoms with Gasteiger partial charge >= 0.3 is 12.2 Å². The first-order valence-electron chi connectivity index (χ1n) is 14.6. The van der Waals surface area contributed by atoms with Crippen LogP contribution in [0.4, 0.5) is 19.7 Å². The highest BCUT2D eigenvalue weighted by atomic mass is 19.1. The number of halogens is 1. The summed E-state index contributed by atoms with van der Waals surface area (Å²) >= 11 is 0. The lowest BCUT2D eigenvalue weighted by Gasteiger charge is -2.46. The molecule has 2 aromatic rings. The molecule has 9 nitrogen and oxygen atoms in total. The van der Waals surface area contributed by atoms with Crippen LogP contribution in [0.25, 0.3) is 0 Å². The van der Waals surface area contributed by atoms with Crippen LogP contribution in [0.3, 0.4) is 0 Å².